The van der Waals surface area contributed by atoms with Gasteiger partial charge in [0.25, 0.3) is 0 Å². The largest absolute Gasteiger partial charge is 0.300 e. The molecule has 0 amide bonds. The Morgan fingerprint density at radius 2 is 1.53 bits per heavy atom. The smallest absolute Gasteiger partial charge is 0.132 e. The van der Waals surface area contributed by atoms with Gasteiger partial charge in [0.2, 0.25) is 0 Å². The minimum absolute atomic E-state index is 0.00109. The molecule has 0 spiro atoms. The minimum atomic E-state index is -0.00109. The zero-order chi connectivity index (χ0) is 14.6. The standard InChI is InChI=1S/C16H32NO2/c1-4-5-6-7-8-9-10-13-16(18)14-11-12-15-17(2,3)19/h4,19H,1,5-15H2,2-3H3/q+1. The summed E-state index contributed by atoms with van der Waals surface area (Å²) >= 11 is 0. The molecule has 0 rings (SSSR count). The molecule has 112 valence electrons. The molecule has 0 aliphatic rings. The summed E-state index contributed by atoms with van der Waals surface area (Å²) in [6.07, 6.45) is 12.2. The number of quaternary nitrogens is 1. The highest BCUT2D eigenvalue weighted by Gasteiger charge is 2.10. The molecule has 0 aromatic heterocycles. The molecule has 0 saturated carbocycles. The van der Waals surface area contributed by atoms with E-state index in [0.717, 1.165) is 38.6 Å². The van der Waals surface area contributed by atoms with Gasteiger partial charge < -0.3 is 0 Å². The van der Waals surface area contributed by atoms with Crippen LogP contribution in [0.1, 0.15) is 64.2 Å². The molecule has 0 aromatic rings. The van der Waals surface area contributed by atoms with Crippen molar-refractivity contribution in [1.82, 2.24) is 0 Å². The number of carbonyl (C=O) groups excluding carboxylic acids is 1. The molecule has 0 saturated heterocycles. The fraction of sp³-hybridized carbons (Fsp3) is 0.812. The van der Waals surface area contributed by atoms with Crippen LogP contribution in [0, 0.1) is 0 Å². The van der Waals surface area contributed by atoms with Crippen LogP contribution in [0.3, 0.4) is 0 Å². The quantitative estimate of drug-likeness (QED) is 0.237. The summed E-state index contributed by atoms with van der Waals surface area (Å²) in [5.41, 5.74) is 0. The second-order valence-electron chi connectivity index (χ2n) is 5.94. The number of ketones is 1. The molecule has 3 heteroatoms. The Kier molecular flexibility index (Phi) is 10.8. The Morgan fingerprint density at radius 1 is 1.00 bits per heavy atom. The van der Waals surface area contributed by atoms with Gasteiger partial charge in [-0.1, -0.05) is 25.3 Å². The van der Waals surface area contributed by atoms with Crippen LogP contribution in [0.15, 0.2) is 12.7 Å². The summed E-state index contributed by atoms with van der Waals surface area (Å²) in [6, 6.07) is 0. The van der Waals surface area contributed by atoms with Crippen molar-refractivity contribution in [2.24, 2.45) is 0 Å². The summed E-state index contributed by atoms with van der Waals surface area (Å²) in [7, 11) is 3.52. The number of rotatable bonds is 13. The lowest BCUT2D eigenvalue weighted by Crippen LogP contribution is -2.36. The van der Waals surface area contributed by atoms with Crippen molar-refractivity contribution < 1.29 is 14.6 Å². The van der Waals surface area contributed by atoms with Gasteiger partial charge in [0.1, 0.15) is 12.3 Å². The van der Waals surface area contributed by atoms with Crippen LogP contribution in [0.2, 0.25) is 0 Å². The molecular weight excluding hydrogens is 238 g/mol. The number of unbranched alkanes of at least 4 members (excludes halogenated alkanes) is 6. The normalized spacial score (nSPS) is 11.5. The lowest BCUT2D eigenvalue weighted by Gasteiger charge is -2.18. The maximum atomic E-state index is 11.6. The molecule has 0 heterocycles. The van der Waals surface area contributed by atoms with Crippen molar-refractivity contribution in [2.45, 2.75) is 64.2 Å². The Hall–Kier alpha value is -0.670. The molecular formula is C16H32NO2+. The molecule has 0 unspecified atom stereocenters. The fourth-order valence-corrected chi connectivity index (χ4v) is 2.09. The van der Waals surface area contributed by atoms with Crippen molar-refractivity contribution in [2.75, 3.05) is 20.6 Å². The highest BCUT2D eigenvalue weighted by Crippen LogP contribution is 2.10. The van der Waals surface area contributed by atoms with Crippen molar-refractivity contribution in [1.29, 1.82) is 0 Å². The van der Waals surface area contributed by atoms with E-state index in [0.29, 0.717) is 12.2 Å². The van der Waals surface area contributed by atoms with Crippen molar-refractivity contribution in [3.05, 3.63) is 12.7 Å². The van der Waals surface area contributed by atoms with Gasteiger partial charge in [0.05, 0.1) is 14.1 Å². The predicted molar refractivity (Wildman–Crippen MR) is 80.1 cm³/mol. The van der Waals surface area contributed by atoms with Crippen molar-refractivity contribution >= 4 is 5.78 Å². The highest BCUT2D eigenvalue weighted by molar-refractivity contribution is 5.78. The molecule has 0 aliphatic heterocycles. The van der Waals surface area contributed by atoms with Gasteiger partial charge in [-0.25, -0.2) is 5.21 Å². The maximum absolute atomic E-state index is 11.6. The van der Waals surface area contributed by atoms with Gasteiger partial charge in [-0.2, -0.15) is 4.65 Å². The van der Waals surface area contributed by atoms with Crippen LogP contribution in [0.4, 0.5) is 0 Å². The molecule has 0 aromatic carbocycles. The fourth-order valence-electron chi connectivity index (χ4n) is 2.09. The maximum Gasteiger partial charge on any atom is 0.132 e. The number of nitrogens with zero attached hydrogens (tertiary/aromatic N) is 1. The van der Waals surface area contributed by atoms with Gasteiger partial charge >= 0.3 is 0 Å². The van der Waals surface area contributed by atoms with Crippen LogP contribution < -0.4 is 0 Å². The number of hydrogen-bond donors (Lipinski definition) is 1. The van der Waals surface area contributed by atoms with E-state index in [1.807, 2.05) is 6.08 Å². The Bertz CT molecular complexity index is 244. The van der Waals surface area contributed by atoms with E-state index < -0.39 is 0 Å². The summed E-state index contributed by atoms with van der Waals surface area (Å²) < 4.78 is -0.00109. The second kappa shape index (κ2) is 11.2. The molecule has 0 fully saturated rings. The molecule has 3 nitrogen and oxygen atoms in total. The van der Waals surface area contributed by atoms with Crippen LogP contribution in [0.5, 0.6) is 0 Å². The first-order valence-corrected chi connectivity index (χ1v) is 7.64. The molecule has 0 aliphatic carbocycles. The van der Waals surface area contributed by atoms with E-state index in [9.17, 15) is 10.0 Å². The van der Waals surface area contributed by atoms with Crippen LogP contribution in [0.25, 0.3) is 0 Å². The van der Waals surface area contributed by atoms with Gasteiger partial charge in [-0.05, 0) is 32.1 Å². The number of allylic oxidation sites excluding steroid dienone is 1. The van der Waals surface area contributed by atoms with Crippen molar-refractivity contribution in [3.8, 4) is 0 Å². The topological polar surface area (TPSA) is 37.3 Å². The molecule has 19 heavy (non-hydrogen) atoms. The SMILES string of the molecule is C=CCCCCCCCC(=O)CCCC[N+](C)(C)O. The zero-order valence-electron chi connectivity index (χ0n) is 12.9. The average Bonchev–Trinajstić information content (AvgIpc) is 2.32. The van der Waals surface area contributed by atoms with Gasteiger partial charge in [0, 0.05) is 12.8 Å². The number of carbonyl (C=O) groups is 1. The monoisotopic (exact) mass is 270 g/mol. The van der Waals surface area contributed by atoms with Crippen LogP contribution in [-0.4, -0.2) is 36.3 Å². The first kappa shape index (κ1) is 18.3. The van der Waals surface area contributed by atoms with Crippen LogP contribution >= 0.6 is 0 Å². The Labute approximate surface area is 118 Å². The van der Waals surface area contributed by atoms with Crippen LogP contribution in [-0.2, 0) is 4.79 Å². The molecule has 0 bridgehead atoms. The van der Waals surface area contributed by atoms with Gasteiger partial charge in [-0.3, -0.25) is 4.79 Å². The van der Waals surface area contributed by atoms with Gasteiger partial charge in [-0.15, -0.1) is 6.58 Å². The predicted octanol–water partition coefficient (Wildman–Crippen LogP) is 4.11. The van der Waals surface area contributed by atoms with E-state index in [2.05, 4.69) is 6.58 Å². The Morgan fingerprint density at radius 3 is 2.11 bits per heavy atom. The summed E-state index contributed by atoms with van der Waals surface area (Å²) in [6.45, 7) is 4.43. The minimum Gasteiger partial charge on any atom is -0.300 e. The van der Waals surface area contributed by atoms with Crippen molar-refractivity contribution in [3.63, 3.8) is 0 Å². The summed E-state index contributed by atoms with van der Waals surface area (Å²) in [5.74, 6) is 0.384. The number of hydrogen-bond acceptors (Lipinski definition) is 2. The van der Waals surface area contributed by atoms with E-state index in [-0.39, 0.29) is 4.65 Å². The average molecular weight is 270 g/mol. The second-order valence-corrected chi connectivity index (χ2v) is 5.94. The van der Waals surface area contributed by atoms with E-state index in [1.165, 1.54) is 25.7 Å². The first-order valence-electron chi connectivity index (χ1n) is 7.64. The lowest BCUT2D eigenvalue weighted by atomic mass is 10.0. The third-order valence-electron chi connectivity index (χ3n) is 3.27. The van der Waals surface area contributed by atoms with E-state index in [4.69, 9.17) is 0 Å². The highest BCUT2D eigenvalue weighted by atomic mass is 16.5. The molecule has 1 N–H and O–H groups in total. The lowest BCUT2D eigenvalue weighted by molar-refractivity contribution is -1.07. The number of Topliss-reactive ketones (excluding diaryl/α,β-unsaturated/α-hetero) is 1. The van der Waals surface area contributed by atoms with E-state index in [1.54, 1.807) is 14.1 Å². The third-order valence-corrected chi connectivity index (χ3v) is 3.27. The Balaban J connectivity index is 3.28. The van der Waals surface area contributed by atoms with Gasteiger partial charge in [0.15, 0.2) is 0 Å². The zero-order valence-corrected chi connectivity index (χ0v) is 12.9. The summed E-state index contributed by atoms with van der Waals surface area (Å²) in [5, 5.41) is 9.49. The first-order chi connectivity index (χ1) is 8.95. The molecule has 0 atom stereocenters. The molecule has 0 radical (unpaired) electrons. The number of hydroxylamine groups is 3. The third kappa shape index (κ3) is 15.3. The summed E-state index contributed by atoms with van der Waals surface area (Å²) in [4.78, 5) is 11.6. The van der Waals surface area contributed by atoms with E-state index >= 15 is 0 Å².